The van der Waals surface area contributed by atoms with Crippen LogP contribution in [0.5, 0.6) is 5.75 Å². The Morgan fingerprint density at radius 1 is 1.10 bits per heavy atom. The Morgan fingerprint density at radius 3 is 2.42 bits per heavy atom. The van der Waals surface area contributed by atoms with E-state index in [0.717, 1.165) is 43.8 Å². The third-order valence-corrected chi connectivity index (χ3v) is 5.42. The van der Waals surface area contributed by atoms with E-state index in [4.69, 9.17) is 0 Å². The highest BCUT2D eigenvalue weighted by Gasteiger charge is 2.41. The first-order chi connectivity index (χ1) is 15.1. The SMILES string of the molecule is CCCCN(CCCC)C[C@@H]1C(=O)N(C(=O)c2cccnc2)N=C1c1ccccc1O. The van der Waals surface area contributed by atoms with Gasteiger partial charge in [-0.15, -0.1) is 0 Å². The molecule has 7 heteroatoms. The number of benzene rings is 1. The van der Waals surface area contributed by atoms with Gasteiger partial charge in [0.2, 0.25) is 0 Å². The Balaban J connectivity index is 1.93. The molecule has 0 saturated carbocycles. The summed E-state index contributed by atoms with van der Waals surface area (Å²) in [4.78, 5) is 32.6. The van der Waals surface area contributed by atoms with Crippen LogP contribution in [0.15, 0.2) is 53.9 Å². The molecule has 0 spiro atoms. The van der Waals surface area contributed by atoms with E-state index in [2.05, 4.69) is 28.8 Å². The van der Waals surface area contributed by atoms with Crippen LogP contribution in [0, 0.1) is 5.92 Å². The van der Waals surface area contributed by atoms with Crippen LogP contribution >= 0.6 is 0 Å². The van der Waals surface area contributed by atoms with E-state index in [1.165, 1.54) is 6.20 Å². The maximum Gasteiger partial charge on any atom is 0.282 e. The van der Waals surface area contributed by atoms with E-state index in [-0.39, 0.29) is 11.7 Å². The lowest BCUT2D eigenvalue weighted by Crippen LogP contribution is -2.40. The van der Waals surface area contributed by atoms with Gasteiger partial charge in [-0.3, -0.25) is 14.6 Å². The predicted octanol–water partition coefficient (Wildman–Crippen LogP) is 3.69. The summed E-state index contributed by atoms with van der Waals surface area (Å²) in [5.74, 6) is -1.46. The minimum Gasteiger partial charge on any atom is -0.507 e. The number of hydrogen-bond acceptors (Lipinski definition) is 6. The van der Waals surface area contributed by atoms with Crippen molar-refractivity contribution in [3.8, 4) is 5.75 Å². The lowest BCUT2D eigenvalue weighted by atomic mass is 9.95. The van der Waals surface area contributed by atoms with Crippen molar-refractivity contribution in [3.63, 3.8) is 0 Å². The van der Waals surface area contributed by atoms with Gasteiger partial charge < -0.3 is 10.0 Å². The molecule has 7 nitrogen and oxygen atoms in total. The zero-order valence-corrected chi connectivity index (χ0v) is 18.2. The number of phenols is 1. The Labute approximate surface area is 183 Å². The molecule has 0 fully saturated rings. The smallest absolute Gasteiger partial charge is 0.282 e. The second kappa shape index (κ2) is 10.8. The maximum absolute atomic E-state index is 13.4. The molecule has 1 N–H and O–H groups in total. The van der Waals surface area contributed by atoms with Crippen molar-refractivity contribution in [2.75, 3.05) is 19.6 Å². The van der Waals surface area contributed by atoms with Gasteiger partial charge in [0.25, 0.3) is 11.8 Å². The fourth-order valence-corrected chi connectivity index (χ4v) is 3.66. The third-order valence-electron chi connectivity index (χ3n) is 5.42. The van der Waals surface area contributed by atoms with Crippen LogP contribution in [0.2, 0.25) is 0 Å². The van der Waals surface area contributed by atoms with E-state index in [0.29, 0.717) is 23.4 Å². The van der Waals surface area contributed by atoms with Crippen molar-refractivity contribution in [1.29, 1.82) is 0 Å². The number of rotatable bonds is 10. The number of carbonyl (C=O) groups excluding carboxylic acids is 2. The van der Waals surface area contributed by atoms with Crippen LogP contribution in [0.3, 0.4) is 0 Å². The average molecular weight is 423 g/mol. The molecule has 0 bridgehead atoms. The van der Waals surface area contributed by atoms with Crippen molar-refractivity contribution in [2.24, 2.45) is 11.0 Å². The summed E-state index contributed by atoms with van der Waals surface area (Å²) in [6.45, 7) is 6.50. The fourth-order valence-electron chi connectivity index (χ4n) is 3.66. The number of phenolic OH excluding ortho intramolecular Hbond substituents is 1. The van der Waals surface area contributed by atoms with Crippen LogP contribution in [-0.2, 0) is 4.79 Å². The standard InChI is InChI=1S/C24H30N4O3/c1-3-5-14-27(15-6-4-2)17-20-22(19-11-7-8-12-21(19)29)26-28(24(20)31)23(30)18-10-9-13-25-16-18/h7-13,16,20,29H,3-6,14-15,17H2,1-2H3/t20-/m0/s1. The van der Waals surface area contributed by atoms with Gasteiger partial charge in [0.15, 0.2) is 0 Å². The van der Waals surface area contributed by atoms with Crippen molar-refractivity contribution < 1.29 is 14.7 Å². The van der Waals surface area contributed by atoms with Crippen LogP contribution < -0.4 is 0 Å². The molecule has 0 radical (unpaired) electrons. The number of hydrazone groups is 1. The maximum atomic E-state index is 13.4. The highest BCUT2D eigenvalue weighted by molar-refractivity contribution is 6.22. The first-order valence-electron chi connectivity index (χ1n) is 10.9. The summed E-state index contributed by atoms with van der Waals surface area (Å²) in [6.07, 6.45) is 7.19. The number of para-hydroxylation sites is 1. The molecule has 0 aliphatic carbocycles. The van der Waals surface area contributed by atoms with Gasteiger partial charge in [0.1, 0.15) is 5.75 Å². The molecule has 1 aliphatic rings. The molecule has 3 rings (SSSR count). The molecule has 0 unspecified atom stereocenters. The lowest BCUT2D eigenvalue weighted by molar-refractivity contribution is -0.129. The quantitative estimate of drug-likeness (QED) is 0.590. The average Bonchev–Trinajstić information content (AvgIpc) is 3.11. The first-order valence-corrected chi connectivity index (χ1v) is 10.9. The van der Waals surface area contributed by atoms with Crippen molar-refractivity contribution >= 4 is 17.5 Å². The molecule has 1 atom stereocenters. The lowest BCUT2D eigenvalue weighted by Gasteiger charge is -2.25. The number of carbonyl (C=O) groups is 2. The zero-order chi connectivity index (χ0) is 22.2. The van der Waals surface area contributed by atoms with E-state index < -0.39 is 11.8 Å². The number of nitrogens with zero attached hydrogens (tertiary/aromatic N) is 4. The van der Waals surface area contributed by atoms with Gasteiger partial charge in [0, 0.05) is 24.5 Å². The minimum absolute atomic E-state index is 0.0448. The van der Waals surface area contributed by atoms with Gasteiger partial charge in [0.05, 0.1) is 17.2 Å². The van der Waals surface area contributed by atoms with Gasteiger partial charge in [-0.2, -0.15) is 10.1 Å². The van der Waals surface area contributed by atoms with Crippen LogP contribution in [0.1, 0.15) is 55.5 Å². The summed E-state index contributed by atoms with van der Waals surface area (Å²) < 4.78 is 0. The molecule has 1 aromatic heterocycles. The molecular formula is C24H30N4O3. The number of pyridine rings is 1. The van der Waals surface area contributed by atoms with Gasteiger partial charge in [-0.05, 0) is 50.2 Å². The molecule has 164 valence electrons. The van der Waals surface area contributed by atoms with Gasteiger partial charge >= 0.3 is 0 Å². The van der Waals surface area contributed by atoms with Crippen LogP contribution in [0.4, 0.5) is 0 Å². The molecule has 2 aromatic rings. The Bertz CT molecular complexity index is 921. The Kier molecular flexibility index (Phi) is 7.89. The molecule has 1 aromatic carbocycles. The summed E-state index contributed by atoms with van der Waals surface area (Å²) in [5, 5.41) is 15.8. The molecule has 1 aliphatic heterocycles. The highest BCUT2D eigenvalue weighted by atomic mass is 16.3. The molecular weight excluding hydrogens is 392 g/mol. The van der Waals surface area contributed by atoms with E-state index >= 15 is 0 Å². The highest BCUT2D eigenvalue weighted by Crippen LogP contribution is 2.28. The van der Waals surface area contributed by atoms with Crippen molar-refractivity contribution in [3.05, 3.63) is 59.9 Å². The fraction of sp³-hybridized carbons (Fsp3) is 0.417. The normalized spacial score (nSPS) is 16.1. The number of unbranched alkanes of at least 4 members (excludes halogenated alkanes) is 2. The van der Waals surface area contributed by atoms with Crippen molar-refractivity contribution in [1.82, 2.24) is 14.9 Å². The summed E-state index contributed by atoms with van der Waals surface area (Å²) in [5.41, 5.74) is 1.21. The number of aromatic nitrogens is 1. The minimum atomic E-state index is -0.623. The van der Waals surface area contributed by atoms with Crippen molar-refractivity contribution in [2.45, 2.75) is 39.5 Å². The molecule has 31 heavy (non-hydrogen) atoms. The number of hydrogen-bond donors (Lipinski definition) is 1. The van der Waals surface area contributed by atoms with E-state index in [9.17, 15) is 14.7 Å². The largest absolute Gasteiger partial charge is 0.507 e. The number of imide groups is 1. The van der Waals surface area contributed by atoms with E-state index in [1.807, 2.05) is 0 Å². The number of amides is 2. The van der Waals surface area contributed by atoms with Gasteiger partial charge in [-0.1, -0.05) is 38.8 Å². The van der Waals surface area contributed by atoms with Gasteiger partial charge in [-0.25, -0.2) is 0 Å². The van der Waals surface area contributed by atoms with Crippen LogP contribution in [-0.4, -0.2) is 57.2 Å². The van der Waals surface area contributed by atoms with E-state index in [1.54, 1.807) is 42.6 Å². The summed E-state index contributed by atoms with van der Waals surface area (Å²) in [6, 6.07) is 10.1. The second-order valence-corrected chi connectivity index (χ2v) is 7.76. The topological polar surface area (TPSA) is 86.1 Å². The molecule has 2 amide bonds. The summed E-state index contributed by atoms with van der Waals surface area (Å²) in [7, 11) is 0. The zero-order valence-electron chi connectivity index (χ0n) is 18.2. The Morgan fingerprint density at radius 2 is 1.81 bits per heavy atom. The molecule has 2 heterocycles. The first kappa shape index (κ1) is 22.6. The number of aromatic hydroxyl groups is 1. The second-order valence-electron chi connectivity index (χ2n) is 7.76. The predicted molar refractivity (Wildman–Crippen MR) is 120 cm³/mol. The van der Waals surface area contributed by atoms with Crippen LogP contribution in [0.25, 0.3) is 0 Å². The monoisotopic (exact) mass is 422 g/mol. The third kappa shape index (κ3) is 5.35. The Hall–Kier alpha value is -3.06. The summed E-state index contributed by atoms with van der Waals surface area (Å²) >= 11 is 0. The molecule has 0 saturated heterocycles.